The van der Waals surface area contributed by atoms with E-state index in [0.29, 0.717) is 6.54 Å². The van der Waals surface area contributed by atoms with Gasteiger partial charge in [0, 0.05) is 16.7 Å². The summed E-state index contributed by atoms with van der Waals surface area (Å²) in [6.45, 7) is 1.26. The summed E-state index contributed by atoms with van der Waals surface area (Å²) >= 11 is 3.39. The molecular formula is C10H11BrN2O. The molecule has 0 aliphatic carbocycles. The number of hydrogen-bond acceptors (Lipinski definition) is 2. The van der Waals surface area contributed by atoms with Crippen molar-refractivity contribution in [1.29, 1.82) is 0 Å². The van der Waals surface area contributed by atoms with Crippen molar-refractivity contribution in [2.45, 2.75) is 6.54 Å². The molecule has 1 aromatic carbocycles. The monoisotopic (exact) mass is 254 g/mol. The van der Waals surface area contributed by atoms with Crippen LogP contribution >= 0.6 is 15.9 Å². The van der Waals surface area contributed by atoms with Crippen LogP contribution in [0.3, 0.4) is 0 Å². The highest BCUT2D eigenvalue weighted by Crippen LogP contribution is 2.24. The average molecular weight is 255 g/mol. The maximum absolute atomic E-state index is 11.4. The fraction of sp³-hybridized carbons (Fsp3) is 0.300. The molecule has 1 amide bonds. The first kappa shape index (κ1) is 9.68. The van der Waals surface area contributed by atoms with Crippen LogP contribution in [0.1, 0.15) is 5.56 Å². The maximum atomic E-state index is 11.4. The zero-order valence-corrected chi connectivity index (χ0v) is 9.47. The smallest absolute Gasteiger partial charge is 0.238 e. The largest absolute Gasteiger partial charge is 0.325 e. The molecule has 0 atom stereocenters. The van der Waals surface area contributed by atoms with E-state index in [1.807, 2.05) is 30.1 Å². The summed E-state index contributed by atoms with van der Waals surface area (Å²) in [6, 6.07) is 5.96. The Kier molecular flexibility index (Phi) is 2.56. The number of anilines is 1. The molecule has 1 aliphatic heterocycles. The lowest BCUT2D eigenvalue weighted by Crippen LogP contribution is -2.26. The number of halogens is 1. The van der Waals surface area contributed by atoms with E-state index in [1.165, 1.54) is 0 Å². The van der Waals surface area contributed by atoms with Gasteiger partial charge in [0.15, 0.2) is 0 Å². The molecular weight excluding hydrogens is 244 g/mol. The minimum atomic E-state index is 0.0457. The SMILES string of the molecule is CN1CC(=O)Nc2cc(Br)ccc2C1. The van der Waals surface area contributed by atoms with Crippen molar-refractivity contribution in [3.8, 4) is 0 Å². The predicted octanol–water partition coefficient (Wildman–Crippen LogP) is 1.83. The summed E-state index contributed by atoms with van der Waals surface area (Å²) in [5.74, 6) is 0.0457. The quantitative estimate of drug-likeness (QED) is 0.767. The van der Waals surface area contributed by atoms with Gasteiger partial charge in [-0.3, -0.25) is 9.69 Å². The first-order valence-corrected chi connectivity index (χ1v) is 5.21. The molecule has 1 N–H and O–H groups in total. The van der Waals surface area contributed by atoms with Crippen molar-refractivity contribution in [2.75, 3.05) is 18.9 Å². The third kappa shape index (κ3) is 1.96. The summed E-state index contributed by atoms with van der Waals surface area (Å²) in [5, 5.41) is 2.88. The van der Waals surface area contributed by atoms with Gasteiger partial charge in [-0.2, -0.15) is 0 Å². The predicted molar refractivity (Wildman–Crippen MR) is 59.1 cm³/mol. The van der Waals surface area contributed by atoms with Crippen molar-refractivity contribution in [2.24, 2.45) is 0 Å². The molecule has 2 rings (SSSR count). The topological polar surface area (TPSA) is 32.3 Å². The molecule has 0 aromatic heterocycles. The molecule has 1 heterocycles. The summed E-state index contributed by atoms with van der Waals surface area (Å²) in [7, 11) is 1.94. The molecule has 3 nitrogen and oxygen atoms in total. The number of nitrogens with one attached hydrogen (secondary N) is 1. The van der Waals surface area contributed by atoms with Crippen molar-refractivity contribution in [3.63, 3.8) is 0 Å². The zero-order chi connectivity index (χ0) is 10.1. The van der Waals surface area contributed by atoms with Gasteiger partial charge in [-0.15, -0.1) is 0 Å². The lowest BCUT2D eigenvalue weighted by atomic mass is 10.2. The van der Waals surface area contributed by atoms with Gasteiger partial charge >= 0.3 is 0 Å². The van der Waals surface area contributed by atoms with Gasteiger partial charge in [0.1, 0.15) is 0 Å². The number of hydrogen-bond donors (Lipinski definition) is 1. The minimum Gasteiger partial charge on any atom is -0.325 e. The van der Waals surface area contributed by atoms with Crippen LogP contribution in [0, 0.1) is 0 Å². The van der Waals surface area contributed by atoms with Gasteiger partial charge in [-0.25, -0.2) is 0 Å². The Morgan fingerprint density at radius 3 is 3.00 bits per heavy atom. The fourth-order valence-corrected chi connectivity index (χ4v) is 1.95. The molecule has 0 fully saturated rings. The van der Waals surface area contributed by atoms with Gasteiger partial charge in [0.2, 0.25) is 5.91 Å². The molecule has 4 heteroatoms. The Balaban J connectivity index is 2.41. The maximum Gasteiger partial charge on any atom is 0.238 e. The van der Waals surface area contributed by atoms with E-state index in [0.717, 1.165) is 22.3 Å². The molecule has 74 valence electrons. The van der Waals surface area contributed by atoms with Crippen LogP contribution in [0.5, 0.6) is 0 Å². The van der Waals surface area contributed by atoms with Crippen molar-refractivity contribution in [1.82, 2.24) is 4.90 Å². The van der Waals surface area contributed by atoms with Gasteiger partial charge in [-0.1, -0.05) is 22.0 Å². The van der Waals surface area contributed by atoms with E-state index in [4.69, 9.17) is 0 Å². The van der Waals surface area contributed by atoms with Gasteiger partial charge in [-0.05, 0) is 24.7 Å². The van der Waals surface area contributed by atoms with E-state index >= 15 is 0 Å². The van der Waals surface area contributed by atoms with E-state index in [-0.39, 0.29) is 5.91 Å². The Labute approximate surface area is 91.2 Å². The molecule has 0 saturated carbocycles. The molecule has 0 bridgehead atoms. The van der Waals surface area contributed by atoms with Crippen LogP contribution in [0.2, 0.25) is 0 Å². The van der Waals surface area contributed by atoms with Crippen molar-refractivity contribution in [3.05, 3.63) is 28.2 Å². The standard InChI is InChI=1S/C10H11BrN2O/c1-13-5-7-2-3-8(11)4-9(7)12-10(14)6-13/h2-4H,5-6H2,1H3,(H,12,14). The van der Waals surface area contributed by atoms with E-state index in [9.17, 15) is 4.79 Å². The number of carbonyl (C=O) groups excluding carboxylic acids is 1. The highest BCUT2D eigenvalue weighted by molar-refractivity contribution is 9.10. The number of rotatable bonds is 0. The van der Waals surface area contributed by atoms with E-state index < -0.39 is 0 Å². The summed E-state index contributed by atoms with van der Waals surface area (Å²) in [5.41, 5.74) is 2.07. The Bertz CT molecular complexity index is 378. The van der Waals surface area contributed by atoms with Gasteiger partial charge in [0.05, 0.1) is 6.54 Å². The lowest BCUT2D eigenvalue weighted by Gasteiger charge is -2.11. The van der Waals surface area contributed by atoms with Crippen LogP contribution in [0.25, 0.3) is 0 Å². The van der Waals surface area contributed by atoms with Crippen molar-refractivity contribution < 1.29 is 4.79 Å². The van der Waals surface area contributed by atoms with Crippen LogP contribution in [-0.4, -0.2) is 24.4 Å². The first-order chi connectivity index (χ1) is 6.65. The number of nitrogens with zero attached hydrogens (tertiary/aromatic N) is 1. The molecule has 14 heavy (non-hydrogen) atoms. The highest BCUT2D eigenvalue weighted by Gasteiger charge is 2.15. The molecule has 0 radical (unpaired) electrons. The Hall–Kier alpha value is -0.870. The van der Waals surface area contributed by atoms with Crippen LogP contribution in [0.15, 0.2) is 22.7 Å². The number of likely N-dealkylation sites (N-methyl/N-ethyl adjacent to an activating group) is 1. The Morgan fingerprint density at radius 1 is 1.43 bits per heavy atom. The van der Waals surface area contributed by atoms with Gasteiger partial charge < -0.3 is 5.32 Å². The molecule has 0 unspecified atom stereocenters. The normalized spacial score (nSPS) is 17.1. The lowest BCUT2D eigenvalue weighted by molar-refractivity contribution is -0.116. The fourth-order valence-electron chi connectivity index (χ4n) is 1.58. The number of benzene rings is 1. The third-order valence-corrected chi connectivity index (χ3v) is 2.69. The van der Waals surface area contributed by atoms with Gasteiger partial charge in [0.25, 0.3) is 0 Å². The number of amides is 1. The summed E-state index contributed by atoms with van der Waals surface area (Å²) in [4.78, 5) is 13.4. The summed E-state index contributed by atoms with van der Waals surface area (Å²) in [6.07, 6.45) is 0. The second kappa shape index (κ2) is 3.71. The van der Waals surface area contributed by atoms with Crippen LogP contribution < -0.4 is 5.32 Å². The second-order valence-electron chi connectivity index (χ2n) is 3.52. The highest BCUT2D eigenvalue weighted by atomic mass is 79.9. The molecule has 0 saturated heterocycles. The molecule has 1 aliphatic rings. The first-order valence-electron chi connectivity index (χ1n) is 4.42. The second-order valence-corrected chi connectivity index (χ2v) is 4.44. The van der Waals surface area contributed by atoms with Crippen LogP contribution in [-0.2, 0) is 11.3 Å². The Morgan fingerprint density at radius 2 is 2.21 bits per heavy atom. The average Bonchev–Trinajstić information content (AvgIpc) is 2.21. The zero-order valence-electron chi connectivity index (χ0n) is 7.88. The van der Waals surface area contributed by atoms with E-state index in [1.54, 1.807) is 0 Å². The van der Waals surface area contributed by atoms with E-state index in [2.05, 4.69) is 21.2 Å². The molecule has 0 spiro atoms. The van der Waals surface area contributed by atoms with Crippen molar-refractivity contribution >= 4 is 27.5 Å². The third-order valence-electron chi connectivity index (χ3n) is 2.20. The number of fused-ring (bicyclic) bond motifs is 1. The summed E-state index contributed by atoms with van der Waals surface area (Å²) < 4.78 is 0.987. The molecule has 1 aromatic rings. The number of carbonyl (C=O) groups is 1. The minimum absolute atomic E-state index is 0.0457. The van der Waals surface area contributed by atoms with Crippen LogP contribution in [0.4, 0.5) is 5.69 Å².